The van der Waals surface area contributed by atoms with Crippen molar-refractivity contribution >= 4 is 17.2 Å². The molecule has 1 aliphatic rings. The van der Waals surface area contributed by atoms with Crippen LogP contribution in [0.3, 0.4) is 0 Å². The lowest BCUT2D eigenvalue weighted by atomic mass is 10.0. The minimum Gasteiger partial charge on any atom is -0.379 e. The molecule has 1 amide bonds. The molecule has 7 nitrogen and oxygen atoms in total. The standard InChI is InChI=1S/C20H22FN5O2S/c21-16-4-1-3-15(11-16)19(25-6-8-28-9-7-25)12-22-20(27)18-14-26(24-23-18)13-17-5-2-10-29-17/h1-5,10-11,14,19H,6-9,12-13H2,(H,22,27). The van der Waals surface area contributed by atoms with Gasteiger partial charge in [0.1, 0.15) is 5.82 Å². The van der Waals surface area contributed by atoms with Crippen molar-refractivity contribution in [3.05, 3.63) is 69.9 Å². The summed E-state index contributed by atoms with van der Waals surface area (Å²) in [6.45, 7) is 3.63. The summed E-state index contributed by atoms with van der Waals surface area (Å²) >= 11 is 1.63. The summed E-state index contributed by atoms with van der Waals surface area (Å²) in [6.07, 6.45) is 1.64. The molecule has 1 aliphatic heterocycles. The van der Waals surface area contributed by atoms with Gasteiger partial charge in [-0.1, -0.05) is 23.4 Å². The number of benzene rings is 1. The Morgan fingerprint density at radius 1 is 1.28 bits per heavy atom. The molecule has 1 aromatic carbocycles. The maximum Gasteiger partial charge on any atom is 0.273 e. The van der Waals surface area contributed by atoms with E-state index in [9.17, 15) is 9.18 Å². The van der Waals surface area contributed by atoms with E-state index in [-0.39, 0.29) is 23.5 Å². The fourth-order valence-electron chi connectivity index (χ4n) is 3.38. The van der Waals surface area contributed by atoms with Crippen LogP contribution in [0.4, 0.5) is 4.39 Å². The van der Waals surface area contributed by atoms with E-state index in [0.29, 0.717) is 26.3 Å². The van der Waals surface area contributed by atoms with Crippen molar-refractivity contribution in [1.29, 1.82) is 0 Å². The Kier molecular flexibility index (Phi) is 6.28. The number of hydrogen-bond acceptors (Lipinski definition) is 6. The lowest BCUT2D eigenvalue weighted by molar-refractivity contribution is 0.0161. The molecule has 1 fully saturated rings. The van der Waals surface area contributed by atoms with E-state index in [1.165, 1.54) is 12.1 Å². The fourth-order valence-corrected chi connectivity index (χ4v) is 4.08. The summed E-state index contributed by atoms with van der Waals surface area (Å²) in [5.41, 5.74) is 1.09. The molecule has 152 valence electrons. The van der Waals surface area contributed by atoms with Crippen LogP contribution in [0.25, 0.3) is 0 Å². The van der Waals surface area contributed by atoms with Gasteiger partial charge in [0, 0.05) is 24.5 Å². The largest absolute Gasteiger partial charge is 0.379 e. The molecule has 1 saturated heterocycles. The van der Waals surface area contributed by atoms with Gasteiger partial charge in [-0.25, -0.2) is 9.07 Å². The normalized spacial score (nSPS) is 15.9. The zero-order chi connectivity index (χ0) is 20.1. The number of nitrogens with one attached hydrogen (secondary N) is 1. The minimum absolute atomic E-state index is 0.139. The van der Waals surface area contributed by atoms with E-state index in [1.807, 2.05) is 23.6 Å². The Balaban J connectivity index is 1.42. The number of morpholine rings is 1. The number of thiophene rings is 1. The van der Waals surface area contributed by atoms with Crippen LogP contribution < -0.4 is 5.32 Å². The average molecular weight is 415 g/mol. The van der Waals surface area contributed by atoms with Gasteiger partial charge in [0.05, 0.1) is 32.0 Å². The summed E-state index contributed by atoms with van der Waals surface area (Å²) in [7, 11) is 0. The predicted octanol–water partition coefficient (Wildman–Crippen LogP) is 2.33. The van der Waals surface area contributed by atoms with Crippen molar-refractivity contribution in [1.82, 2.24) is 25.2 Å². The van der Waals surface area contributed by atoms with Crippen LogP contribution >= 0.6 is 11.3 Å². The number of carbonyl (C=O) groups excluding carboxylic acids is 1. The van der Waals surface area contributed by atoms with Crippen LogP contribution in [0.5, 0.6) is 0 Å². The lowest BCUT2D eigenvalue weighted by Gasteiger charge is -2.34. The highest BCUT2D eigenvalue weighted by Crippen LogP contribution is 2.22. The third kappa shape index (κ3) is 5.06. The van der Waals surface area contributed by atoms with Crippen LogP contribution in [-0.4, -0.2) is 58.6 Å². The summed E-state index contributed by atoms with van der Waals surface area (Å²) < 4.78 is 20.8. The highest BCUT2D eigenvalue weighted by Gasteiger charge is 2.24. The quantitative estimate of drug-likeness (QED) is 0.641. The summed E-state index contributed by atoms with van der Waals surface area (Å²) in [6, 6.07) is 10.4. The topological polar surface area (TPSA) is 72.3 Å². The first-order valence-electron chi connectivity index (χ1n) is 9.47. The number of hydrogen-bond donors (Lipinski definition) is 1. The molecule has 1 atom stereocenters. The molecule has 0 aliphatic carbocycles. The van der Waals surface area contributed by atoms with Crippen molar-refractivity contribution in [3.63, 3.8) is 0 Å². The van der Waals surface area contributed by atoms with Gasteiger partial charge in [-0.2, -0.15) is 0 Å². The molecule has 3 heterocycles. The van der Waals surface area contributed by atoms with Crippen LogP contribution in [0, 0.1) is 5.82 Å². The Labute approximate surface area is 172 Å². The van der Waals surface area contributed by atoms with Crippen LogP contribution in [0.2, 0.25) is 0 Å². The lowest BCUT2D eigenvalue weighted by Crippen LogP contribution is -2.43. The van der Waals surface area contributed by atoms with Crippen LogP contribution in [-0.2, 0) is 11.3 Å². The predicted molar refractivity (Wildman–Crippen MR) is 107 cm³/mol. The Morgan fingerprint density at radius 2 is 2.14 bits per heavy atom. The molecule has 9 heteroatoms. The zero-order valence-corrected chi connectivity index (χ0v) is 16.6. The van der Waals surface area contributed by atoms with Gasteiger partial charge >= 0.3 is 0 Å². The molecular formula is C20H22FN5O2S. The van der Waals surface area contributed by atoms with E-state index >= 15 is 0 Å². The number of halogens is 1. The maximum absolute atomic E-state index is 13.8. The second-order valence-electron chi connectivity index (χ2n) is 6.81. The van der Waals surface area contributed by atoms with Gasteiger partial charge in [-0.3, -0.25) is 9.69 Å². The zero-order valence-electron chi connectivity index (χ0n) is 15.8. The molecule has 2 aromatic heterocycles. The molecule has 0 bridgehead atoms. The first-order valence-corrected chi connectivity index (χ1v) is 10.3. The maximum atomic E-state index is 13.8. The molecule has 0 saturated carbocycles. The molecule has 3 aromatic rings. The van der Waals surface area contributed by atoms with Gasteiger partial charge in [-0.15, -0.1) is 16.4 Å². The van der Waals surface area contributed by atoms with E-state index in [0.717, 1.165) is 23.5 Å². The molecular weight excluding hydrogens is 393 g/mol. The smallest absolute Gasteiger partial charge is 0.273 e. The Hall–Kier alpha value is -2.62. The number of ether oxygens (including phenoxy) is 1. The van der Waals surface area contributed by atoms with Crippen LogP contribution in [0.1, 0.15) is 27.0 Å². The van der Waals surface area contributed by atoms with E-state index in [2.05, 4.69) is 20.5 Å². The van der Waals surface area contributed by atoms with Crippen LogP contribution in [0.15, 0.2) is 48.0 Å². The molecule has 1 unspecified atom stereocenters. The van der Waals surface area contributed by atoms with Crippen molar-refractivity contribution < 1.29 is 13.9 Å². The van der Waals surface area contributed by atoms with Gasteiger partial charge in [-0.05, 0) is 29.1 Å². The molecule has 29 heavy (non-hydrogen) atoms. The van der Waals surface area contributed by atoms with Crippen molar-refractivity contribution in [2.45, 2.75) is 12.6 Å². The van der Waals surface area contributed by atoms with Crippen molar-refractivity contribution in [3.8, 4) is 0 Å². The number of aromatic nitrogens is 3. The first-order chi connectivity index (χ1) is 14.2. The highest BCUT2D eigenvalue weighted by atomic mass is 32.1. The summed E-state index contributed by atoms with van der Waals surface area (Å²) in [5, 5.41) is 12.9. The number of nitrogens with zero attached hydrogens (tertiary/aromatic N) is 4. The van der Waals surface area contributed by atoms with Gasteiger partial charge in [0.25, 0.3) is 5.91 Å². The van der Waals surface area contributed by atoms with E-state index < -0.39 is 0 Å². The number of carbonyl (C=O) groups is 1. The Bertz CT molecular complexity index is 940. The highest BCUT2D eigenvalue weighted by molar-refractivity contribution is 7.09. The monoisotopic (exact) mass is 415 g/mol. The van der Waals surface area contributed by atoms with Crippen molar-refractivity contribution in [2.24, 2.45) is 0 Å². The SMILES string of the molecule is O=C(NCC(c1cccc(F)c1)N1CCOCC1)c1cn(Cc2cccs2)nn1. The third-order valence-corrected chi connectivity index (χ3v) is 5.71. The second kappa shape index (κ2) is 9.25. The second-order valence-corrected chi connectivity index (χ2v) is 7.84. The molecule has 4 rings (SSSR count). The van der Waals surface area contributed by atoms with Crippen molar-refractivity contribution in [2.75, 3.05) is 32.8 Å². The Morgan fingerprint density at radius 3 is 2.90 bits per heavy atom. The molecule has 0 spiro atoms. The first kappa shape index (κ1) is 19.7. The van der Waals surface area contributed by atoms with Gasteiger partial charge in [0.2, 0.25) is 0 Å². The van der Waals surface area contributed by atoms with E-state index in [1.54, 1.807) is 28.3 Å². The fraction of sp³-hybridized carbons (Fsp3) is 0.350. The molecule has 0 radical (unpaired) electrons. The average Bonchev–Trinajstić information content (AvgIpc) is 3.42. The number of amides is 1. The molecule has 1 N–H and O–H groups in total. The van der Waals surface area contributed by atoms with E-state index in [4.69, 9.17) is 4.74 Å². The van der Waals surface area contributed by atoms with Gasteiger partial charge in [0.15, 0.2) is 5.69 Å². The van der Waals surface area contributed by atoms with Gasteiger partial charge < -0.3 is 10.1 Å². The number of rotatable bonds is 7. The summed E-state index contributed by atoms with van der Waals surface area (Å²) in [4.78, 5) is 15.9. The minimum atomic E-state index is -0.294. The summed E-state index contributed by atoms with van der Waals surface area (Å²) in [5.74, 6) is -0.583. The third-order valence-electron chi connectivity index (χ3n) is 4.85.